The zero-order chi connectivity index (χ0) is 19.8. The molecule has 1 amide bonds. The Morgan fingerprint density at radius 2 is 1.82 bits per heavy atom. The van der Waals surface area contributed by atoms with Crippen LogP contribution in [0, 0.1) is 5.82 Å². The average Bonchev–Trinajstić information content (AvgIpc) is 2.74. The van der Waals surface area contributed by atoms with Gasteiger partial charge in [-0.3, -0.25) is 4.79 Å². The molecule has 0 aliphatic rings. The molecule has 1 N–H and O–H groups in total. The fourth-order valence-electron chi connectivity index (χ4n) is 3.00. The van der Waals surface area contributed by atoms with E-state index in [1.54, 1.807) is 35.4 Å². The number of carbonyl (C=O) groups is 1. The predicted octanol–water partition coefficient (Wildman–Crippen LogP) is 4.54. The first kappa shape index (κ1) is 19.5. The van der Waals surface area contributed by atoms with E-state index in [1.165, 1.54) is 6.07 Å². The van der Waals surface area contributed by atoms with Crippen molar-refractivity contribution >= 4 is 11.7 Å². The zero-order valence-corrected chi connectivity index (χ0v) is 15.9. The van der Waals surface area contributed by atoms with Gasteiger partial charge in [-0.05, 0) is 42.7 Å². The van der Waals surface area contributed by atoms with Gasteiger partial charge in [0.25, 0.3) is 5.91 Å². The van der Waals surface area contributed by atoms with Crippen LogP contribution in [0.15, 0.2) is 72.9 Å². The van der Waals surface area contributed by atoms with Crippen LogP contribution in [0.25, 0.3) is 0 Å². The van der Waals surface area contributed by atoms with Crippen LogP contribution in [0.2, 0.25) is 0 Å². The Kier molecular flexibility index (Phi) is 6.73. The molecule has 0 saturated carbocycles. The van der Waals surface area contributed by atoms with E-state index in [2.05, 4.69) is 10.3 Å². The summed E-state index contributed by atoms with van der Waals surface area (Å²) in [5.74, 6) is 0.365. The lowest BCUT2D eigenvalue weighted by Crippen LogP contribution is -2.30. The van der Waals surface area contributed by atoms with Gasteiger partial charge in [-0.15, -0.1) is 0 Å². The first-order chi connectivity index (χ1) is 13.7. The number of rotatable bonds is 8. The number of hydrogen-bond donors (Lipinski definition) is 1. The molecule has 0 aliphatic carbocycles. The van der Waals surface area contributed by atoms with E-state index in [0.29, 0.717) is 43.0 Å². The lowest BCUT2D eigenvalue weighted by Gasteiger charge is -2.21. The number of aromatic nitrogens is 1. The third-order valence-corrected chi connectivity index (χ3v) is 4.55. The second-order valence-electron chi connectivity index (χ2n) is 6.50. The highest BCUT2D eigenvalue weighted by Crippen LogP contribution is 2.13. The molecule has 3 aromatic rings. The first-order valence-corrected chi connectivity index (χ1v) is 9.44. The third-order valence-electron chi connectivity index (χ3n) is 4.55. The number of hydrogen-bond acceptors (Lipinski definition) is 3. The zero-order valence-electron chi connectivity index (χ0n) is 15.9. The van der Waals surface area contributed by atoms with Crippen LogP contribution in [-0.4, -0.2) is 28.9 Å². The van der Waals surface area contributed by atoms with Crippen molar-refractivity contribution < 1.29 is 9.18 Å². The summed E-state index contributed by atoms with van der Waals surface area (Å²) in [5, 5.41) is 3.17. The van der Waals surface area contributed by atoms with Crippen LogP contribution < -0.4 is 5.32 Å². The Balaban J connectivity index is 1.62. The minimum Gasteiger partial charge on any atom is -0.370 e. The molecule has 0 atom stereocenters. The Morgan fingerprint density at radius 3 is 2.57 bits per heavy atom. The molecule has 144 valence electrons. The Morgan fingerprint density at radius 1 is 1.07 bits per heavy atom. The van der Waals surface area contributed by atoms with Gasteiger partial charge in [0.1, 0.15) is 11.6 Å². The van der Waals surface area contributed by atoms with Crippen molar-refractivity contribution in [2.75, 3.05) is 18.4 Å². The fraction of sp³-hybridized carbons (Fsp3) is 0.217. The SMILES string of the molecule is CCN(Cc1ccccc1)C(=O)c1ccnc(NCCc2ccccc2F)c1. The van der Waals surface area contributed by atoms with E-state index in [4.69, 9.17) is 0 Å². The Hall–Kier alpha value is -3.21. The lowest BCUT2D eigenvalue weighted by molar-refractivity contribution is 0.0752. The number of pyridine rings is 1. The van der Waals surface area contributed by atoms with Crippen LogP contribution in [-0.2, 0) is 13.0 Å². The van der Waals surface area contributed by atoms with E-state index in [0.717, 1.165) is 5.56 Å². The summed E-state index contributed by atoms with van der Waals surface area (Å²) >= 11 is 0. The maximum Gasteiger partial charge on any atom is 0.254 e. The molecule has 1 aromatic heterocycles. The Bertz CT molecular complexity index is 914. The van der Waals surface area contributed by atoms with Crippen molar-refractivity contribution in [2.45, 2.75) is 19.9 Å². The number of nitrogens with one attached hydrogen (secondary N) is 1. The maximum absolute atomic E-state index is 13.7. The van der Waals surface area contributed by atoms with Gasteiger partial charge in [0.05, 0.1) is 0 Å². The quantitative estimate of drug-likeness (QED) is 0.627. The third kappa shape index (κ3) is 5.16. The van der Waals surface area contributed by atoms with E-state index in [-0.39, 0.29) is 11.7 Å². The minimum absolute atomic E-state index is 0.0362. The van der Waals surface area contributed by atoms with Crippen LogP contribution in [0.5, 0.6) is 0 Å². The van der Waals surface area contributed by atoms with E-state index in [9.17, 15) is 9.18 Å². The highest BCUT2D eigenvalue weighted by molar-refractivity contribution is 5.94. The summed E-state index contributed by atoms with van der Waals surface area (Å²) in [7, 11) is 0. The molecule has 28 heavy (non-hydrogen) atoms. The first-order valence-electron chi connectivity index (χ1n) is 9.44. The predicted molar refractivity (Wildman–Crippen MR) is 110 cm³/mol. The van der Waals surface area contributed by atoms with Gasteiger partial charge in [-0.25, -0.2) is 9.37 Å². The Labute approximate surface area is 165 Å². The monoisotopic (exact) mass is 377 g/mol. The van der Waals surface area contributed by atoms with Gasteiger partial charge in [-0.2, -0.15) is 0 Å². The number of benzene rings is 2. The highest BCUT2D eigenvalue weighted by Gasteiger charge is 2.15. The molecule has 5 heteroatoms. The summed E-state index contributed by atoms with van der Waals surface area (Å²) < 4.78 is 13.7. The maximum atomic E-state index is 13.7. The molecule has 0 bridgehead atoms. The van der Waals surface area contributed by atoms with Crippen LogP contribution in [0.1, 0.15) is 28.4 Å². The van der Waals surface area contributed by atoms with Crippen molar-refractivity contribution in [3.8, 4) is 0 Å². The summed E-state index contributed by atoms with van der Waals surface area (Å²) in [6, 6.07) is 20.1. The molecule has 0 fully saturated rings. The molecule has 0 unspecified atom stereocenters. The van der Waals surface area contributed by atoms with Gasteiger partial charge in [-0.1, -0.05) is 48.5 Å². The van der Waals surface area contributed by atoms with Crippen molar-refractivity contribution in [1.82, 2.24) is 9.88 Å². The smallest absolute Gasteiger partial charge is 0.254 e. The van der Waals surface area contributed by atoms with Crippen molar-refractivity contribution in [3.63, 3.8) is 0 Å². The molecule has 1 heterocycles. The van der Waals surface area contributed by atoms with Gasteiger partial charge >= 0.3 is 0 Å². The molecule has 0 aliphatic heterocycles. The summed E-state index contributed by atoms with van der Waals surface area (Å²) in [6.45, 7) is 3.68. The fourth-order valence-corrected chi connectivity index (χ4v) is 3.00. The van der Waals surface area contributed by atoms with E-state index >= 15 is 0 Å². The number of carbonyl (C=O) groups excluding carboxylic acids is 1. The molecule has 0 spiro atoms. The van der Waals surface area contributed by atoms with Crippen molar-refractivity contribution in [3.05, 3.63) is 95.4 Å². The second kappa shape index (κ2) is 9.65. The minimum atomic E-state index is -0.208. The summed E-state index contributed by atoms with van der Waals surface area (Å²) in [6.07, 6.45) is 2.16. The van der Waals surface area contributed by atoms with Gasteiger partial charge in [0.15, 0.2) is 0 Å². The van der Waals surface area contributed by atoms with Crippen molar-refractivity contribution in [1.29, 1.82) is 0 Å². The molecular formula is C23H24FN3O. The van der Waals surface area contributed by atoms with Gasteiger partial charge in [0.2, 0.25) is 0 Å². The van der Waals surface area contributed by atoms with Crippen LogP contribution >= 0.6 is 0 Å². The molecule has 3 rings (SSSR count). The normalized spacial score (nSPS) is 10.5. The molecule has 2 aromatic carbocycles. The average molecular weight is 377 g/mol. The second-order valence-corrected chi connectivity index (χ2v) is 6.50. The molecule has 0 saturated heterocycles. The largest absolute Gasteiger partial charge is 0.370 e. The van der Waals surface area contributed by atoms with Crippen molar-refractivity contribution in [2.24, 2.45) is 0 Å². The molecule has 0 radical (unpaired) electrons. The summed E-state index contributed by atoms with van der Waals surface area (Å²) in [4.78, 5) is 19.0. The molecular weight excluding hydrogens is 353 g/mol. The topological polar surface area (TPSA) is 45.2 Å². The number of amides is 1. The number of anilines is 1. The van der Waals surface area contributed by atoms with E-state index in [1.807, 2.05) is 43.3 Å². The van der Waals surface area contributed by atoms with E-state index < -0.39 is 0 Å². The summed E-state index contributed by atoms with van der Waals surface area (Å²) in [5.41, 5.74) is 2.33. The van der Waals surface area contributed by atoms with Gasteiger partial charge in [0, 0.05) is 31.4 Å². The van der Waals surface area contributed by atoms with Crippen LogP contribution in [0.4, 0.5) is 10.2 Å². The standard InChI is InChI=1S/C23H24FN3O/c1-2-27(17-18-8-4-3-5-9-18)23(28)20-13-15-26-22(16-20)25-14-12-19-10-6-7-11-21(19)24/h3-11,13,15-16H,2,12,14,17H2,1H3,(H,25,26). The van der Waals surface area contributed by atoms with Gasteiger partial charge < -0.3 is 10.2 Å². The van der Waals surface area contributed by atoms with Crippen LogP contribution in [0.3, 0.4) is 0 Å². The highest BCUT2D eigenvalue weighted by atomic mass is 19.1. The lowest BCUT2D eigenvalue weighted by atomic mass is 10.1. The molecule has 4 nitrogen and oxygen atoms in total. The number of nitrogens with zero attached hydrogens (tertiary/aromatic N) is 2. The number of halogens is 1.